The minimum absolute atomic E-state index is 0.0956. The summed E-state index contributed by atoms with van der Waals surface area (Å²) in [6.45, 7) is 2.62. The van der Waals surface area contributed by atoms with Crippen LogP contribution in [0.2, 0.25) is 0 Å². The molecule has 0 spiro atoms. The van der Waals surface area contributed by atoms with Gasteiger partial charge in [-0.05, 0) is 48.4 Å². The van der Waals surface area contributed by atoms with E-state index in [4.69, 9.17) is 9.47 Å². The zero-order valence-electron chi connectivity index (χ0n) is 14.7. The maximum atomic E-state index is 12.7. The normalized spacial score (nSPS) is 19.7. The van der Waals surface area contributed by atoms with Crippen LogP contribution in [-0.4, -0.2) is 31.9 Å². The maximum Gasteiger partial charge on any atom is 0.315 e. The Kier molecular flexibility index (Phi) is 4.07. The molecule has 0 N–H and O–H groups in total. The molecule has 4 rings (SSSR count). The summed E-state index contributed by atoms with van der Waals surface area (Å²) in [7, 11) is 1.61. The summed E-state index contributed by atoms with van der Waals surface area (Å²) in [4.78, 5) is 29.0. The van der Waals surface area contributed by atoms with E-state index in [2.05, 4.69) is 4.99 Å². The molecule has 0 bridgehead atoms. The lowest BCUT2D eigenvalue weighted by Crippen LogP contribution is -2.29. The minimum atomic E-state index is -0.477. The van der Waals surface area contributed by atoms with Crippen LogP contribution in [0.1, 0.15) is 24.0 Å². The predicted molar refractivity (Wildman–Crippen MR) is 99.9 cm³/mol. The maximum absolute atomic E-state index is 12.7. The number of hydrogen-bond acceptors (Lipinski definition) is 5. The molecule has 26 heavy (non-hydrogen) atoms. The molecule has 1 aliphatic rings. The van der Waals surface area contributed by atoms with E-state index in [1.807, 2.05) is 42.5 Å². The fraction of sp³-hybridized carbons (Fsp3) is 0.286. The van der Waals surface area contributed by atoms with Crippen molar-refractivity contribution in [2.75, 3.05) is 20.3 Å². The van der Waals surface area contributed by atoms with Gasteiger partial charge in [0.2, 0.25) is 0 Å². The molecule has 0 saturated heterocycles. The van der Waals surface area contributed by atoms with Gasteiger partial charge in [0, 0.05) is 23.2 Å². The Labute approximate surface area is 150 Å². The van der Waals surface area contributed by atoms with Gasteiger partial charge in [0.05, 0.1) is 19.4 Å². The van der Waals surface area contributed by atoms with Gasteiger partial charge in [0.25, 0.3) is 0 Å². The molecule has 0 radical (unpaired) electrons. The summed E-state index contributed by atoms with van der Waals surface area (Å²) < 4.78 is 10.5. The van der Waals surface area contributed by atoms with Gasteiger partial charge in [0.15, 0.2) is 5.43 Å². The van der Waals surface area contributed by atoms with Crippen molar-refractivity contribution in [2.24, 2.45) is 10.9 Å². The molecule has 0 fully saturated rings. The number of ether oxygens (including phenoxy) is 2. The Hall–Kier alpha value is -2.95. The summed E-state index contributed by atoms with van der Waals surface area (Å²) in [6, 6.07) is 13.2. The third-order valence-electron chi connectivity index (χ3n) is 4.98. The topological polar surface area (TPSA) is 65.0 Å². The van der Waals surface area contributed by atoms with Gasteiger partial charge in [0.1, 0.15) is 11.7 Å². The van der Waals surface area contributed by atoms with Crippen LogP contribution in [0.15, 0.2) is 52.3 Å². The number of carbonyl (C=O) groups excluding carboxylic acids is 1. The first kappa shape index (κ1) is 16.5. The third kappa shape index (κ3) is 2.69. The SMILES string of the molecule is CCOC(=O)C1C(c2ccc(OC)cc2)=NCC1c1ccc2c(=O)c2c1. The van der Waals surface area contributed by atoms with Crippen LogP contribution in [0.5, 0.6) is 5.75 Å². The fourth-order valence-corrected chi connectivity index (χ4v) is 3.56. The first-order chi connectivity index (χ1) is 12.6. The van der Waals surface area contributed by atoms with E-state index in [1.165, 1.54) is 0 Å². The van der Waals surface area contributed by atoms with Gasteiger partial charge >= 0.3 is 5.97 Å². The Morgan fingerprint density at radius 3 is 2.58 bits per heavy atom. The van der Waals surface area contributed by atoms with E-state index in [-0.39, 0.29) is 17.3 Å². The van der Waals surface area contributed by atoms with Gasteiger partial charge in [-0.3, -0.25) is 14.6 Å². The molecule has 5 heteroatoms. The predicted octanol–water partition coefficient (Wildman–Crippen LogP) is 2.85. The minimum Gasteiger partial charge on any atom is -0.497 e. The van der Waals surface area contributed by atoms with Crippen LogP contribution in [0.4, 0.5) is 0 Å². The van der Waals surface area contributed by atoms with Crippen LogP contribution >= 0.6 is 0 Å². The molecule has 5 nitrogen and oxygen atoms in total. The average Bonchev–Trinajstić information content (AvgIpc) is 3.12. The highest BCUT2D eigenvalue weighted by Gasteiger charge is 2.40. The van der Waals surface area contributed by atoms with Crippen molar-refractivity contribution in [1.82, 2.24) is 0 Å². The lowest BCUT2D eigenvalue weighted by molar-refractivity contribution is -0.145. The summed E-state index contributed by atoms with van der Waals surface area (Å²) in [5.41, 5.74) is 2.67. The van der Waals surface area contributed by atoms with E-state index in [0.717, 1.165) is 33.4 Å². The van der Waals surface area contributed by atoms with E-state index in [9.17, 15) is 9.59 Å². The number of methoxy groups -OCH3 is 1. The summed E-state index contributed by atoms with van der Waals surface area (Å²) in [5, 5.41) is 1.53. The van der Waals surface area contributed by atoms with Crippen molar-refractivity contribution in [3.8, 4) is 5.75 Å². The van der Waals surface area contributed by atoms with Crippen molar-refractivity contribution in [3.63, 3.8) is 0 Å². The van der Waals surface area contributed by atoms with Crippen LogP contribution in [0, 0.1) is 5.92 Å². The second kappa shape index (κ2) is 6.41. The van der Waals surface area contributed by atoms with E-state index >= 15 is 0 Å². The standard InChI is InChI=1S/C21H19NO4/c1-3-26-21(24)18-17(13-6-9-15-16(10-13)20(15)23)11-22-19(18)12-4-7-14(25-2)8-5-12/h4-10,17-18H,3,11H2,1-2H3. The van der Waals surface area contributed by atoms with Crippen molar-refractivity contribution in [1.29, 1.82) is 0 Å². The monoisotopic (exact) mass is 349 g/mol. The number of hydrogen-bond donors (Lipinski definition) is 0. The summed E-state index contributed by atoms with van der Waals surface area (Å²) in [5.74, 6) is -0.123. The Bertz CT molecular complexity index is 1010. The van der Waals surface area contributed by atoms with Crippen molar-refractivity contribution in [3.05, 3.63) is 63.8 Å². The summed E-state index contributed by atoms with van der Waals surface area (Å²) in [6.07, 6.45) is 0. The Morgan fingerprint density at radius 1 is 1.15 bits per heavy atom. The van der Waals surface area contributed by atoms with Crippen LogP contribution in [0.25, 0.3) is 10.8 Å². The molecule has 0 aliphatic carbocycles. The molecule has 0 aromatic heterocycles. The van der Waals surface area contributed by atoms with Gasteiger partial charge in [-0.25, -0.2) is 0 Å². The quantitative estimate of drug-likeness (QED) is 0.665. The molecule has 2 unspecified atom stereocenters. The highest BCUT2D eigenvalue weighted by molar-refractivity contribution is 6.14. The fourth-order valence-electron chi connectivity index (χ4n) is 3.56. The first-order valence-electron chi connectivity index (χ1n) is 8.68. The number of aliphatic imine (C=N–C) groups is 1. The van der Waals surface area contributed by atoms with Crippen LogP contribution in [0.3, 0.4) is 0 Å². The first-order valence-corrected chi connectivity index (χ1v) is 8.68. The van der Waals surface area contributed by atoms with Crippen molar-refractivity contribution in [2.45, 2.75) is 12.8 Å². The van der Waals surface area contributed by atoms with Gasteiger partial charge in [-0.15, -0.1) is 0 Å². The average molecular weight is 349 g/mol. The van der Waals surface area contributed by atoms with Crippen molar-refractivity contribution >= 4 is 22.5 Å². The van der Waals surface area contributed by atoms with E-state index in [0.29, 0.717) is 13.2 Å². The van der Waals surface area contributed by atoms with Gasteiger partial charge in [-0.1, -0.05) is 12.1 Å². The lowest BCUT2D eigenvalue weighted by Gasteiger charge is -2.20. The number of esters is 1. The number of carbonyl (C=O) groups is 1. The number of fused-ring (bicyclic) bond motifs is 1. The highest BCUT2D eigenvalue weighted by Crippen LogP contribution is 2.36. The van der Waals surface area contributed by atoms with Gasteiger partial charge < -0.3 is 9.47 Å². The van der Waals surface area contributed by atoms with Crippen molar-refractivity contribution < 1.29 is 14.3 Å². The molecule has 0 saturated carbocycles. The molecule has 1 heterocycles. The molecule has 0 amide bonds. The Morgan fingerprint density at radius 2 is 1.92 bits per heavy atom. The highest BCUT2D eigenvalue weighted by atomic mass is 16.5. The lowest BCUT2D eigenvalue weighted by atomic mass is 9.83. The number of rotatable bonds is 5. The largest absolute Gasteiger partial charge is 0.497 e. The molecule has 132 valence electrons. The zero-order chi connectivity index (χ0) is 18.3. The van der Waals surface area contributed by atoms with E-state index in [1.54, 1.807) is 14.0 Å². The molecule has 1 aliphatic heterocycles. The van der Waals surface area contributed by atoms with Gasteiger partial charge in [-0.2, -0.15) is 0 Å². The zero-order valence-corrected chi connectivity index (χ0v) is 14.7. The smallest absolute Gasteiger partial charge is 0.315 e. The molecule has 3 aromatic rings. The third-order valence-corrected chi connectivity index (χ3v) is 4.98. The van der Waals surface area contributed by atoms with E-state index < -0.39 is 5.92 Å². The molecular weight excluding hydrogens is 330 g/mol. The second-order valence-corrected chi connectivity index (χ2v) is 6.42. The second-order valence-electron chi connectivity index (χ2n) is 6.42. The number of nitrogens with zero attached hydrogens (tertiary/aromatic N) is 1. The molecule has 3 aromatic carbocycles. The Balaban J connectivity index is 1.69. The van der Waals surface area contributed by atoms with Crippen LogP contribution < -0.4 is 10.2 Å². The molecule has 2 atom stereocenters. The summed E-state index contributed by atoms with van der Waals surface area (Å²) >= 11 is 0. The van der Waals surface area contributed by atoms with Crippen LogP contribution in [-0.2, 0) is 9.53 Å². The molecular formula is C21H19NO4. The number of benzene rings is 2.